The average Bonchev–Trinajstić information content (AvgIpc) is 2.45. The van der Waals surface area contributed by atoms with E-state index in [9.17, 15) is 4.79 Å². The molecule has 3 atom stereocenters. The van der Waals surface area contributed by atoms with Gasteiger partial charge < -0.3 is 4.74 Å². The zero-order valence-corrected chi connectivity index (χ0v) is 19.2. The van der Waals surface area contributed by atoms with Gasteiger partial charge in [-0.05, 0) is 50.4 Å². The molecule has 0 radical (unpaired) electrons. The smallest absolute Gasteiger partial charge is 0.304 e. The Morgan fingerprint density at radius 2 is 1.92 bits per heavy atom. The Hall–Kier alpha value is -1.19. The molecule has 1 rings (SSSR count). The molecule has 0 spiro atoms. The summed E-state index contributed by atoms with van der Waals surface area (Å²) in [5, 5.41) is 0. The van der Waals surface area contributed by atoms with Gasteiger partial charge in [0.2, 0.25) is 0 Å². The Balaban J connectivity index is 2.94. The molecule has 1 saturated carbocycles. The maximum Gasteiger partial charge on any atom is 0.304 e. The van der Waals surface area contributed by atoms with Crippen molar-refractivity contribution in [1.82, 2.24) is 0 Å². The van der Waals surface area contributed by atoms with Crippen molar-refractivity contribution < 1.29 is 9.53 Å². The third kappa shape index (κ3) is 7.20. The van der Waals surface area contributed by atoms with Crippen LogP contribution in [-0.4, -0.2) is 19.6 Å². The minimum Gasteiger partial charge on any atom is -0.446 e. The molecule has 0 aromatic heterocycles. The van der Waals surface area contributed by atoms with Gasteiger partial charge in [-0.3, -0.25) is 4.79 Å². The summed E-state index contributed by atoms with van der Waals surface area (Å²) in [7, 11) is -1.30. The van der Waals surface area contributed by atoms with Crippen LogP contribution in [0.25, 0.3) is 0 Å². The second-order valence-corrected chi connectivity index (χ2v) is 14.6. The Morgan fingerprint density at radius 3 is 2.42 bits per heavy atom. The molecular formula is C23H38O2Si. The zero-order chi connectivity index (χ0) is 20.0. The number of ether oxygens (including phenoxy) is 1. The monoisotopic (exact) mass is 374 g/mol. The highest BCUT2D eigenvalue weighted by atomic mass is 28.3. The first-order valence-electron chi connectivity index (χ1n) is 10.0. The first-order chi connectivity index (χ1) is 11.9. The lowest BCUT2D eigenvalue weighted by molar-refractivity contribution is -0.162. The molecule has 1 aliphatic carbocycles. The van der Waals surface area contributed by atoms with Gasteiger partial charge in [-0.25, -0.2) is 0 Å². The van der Waals surface area contributed by atoms with E-state index in [0.29, 0.717) is 11.8 Å². The minimum absolute atomic E-state index is 0.217. The molecule has 0 unspecified atom stereocenters. The standard InChI is InChI=1S/C23H38O2Si/c1-9-15-23(25-19(2)24)16-14-20(22(3,4)5)18-21(23)13-11-10-12-17-26(6,7)8/h20-21H,10-11,13-14,16,18H2,1-8H3/t20-,21-,23-/m0/s1. The molecule has 0 N–H and O–H groups in total. The van der Waals surface area contributed by atoms with Crippen molar-refractivity contribution in [3.8, 4) is 23.3 Å². The maximum absolute atomic E-state index is 11.8. The second-order valence-electron chi connectivity index (χ2n) is 9.84. The number of hydrogen-bond acceptors (Lipinski definition) is 2. The summed E-state index contributed by atoms with van der Waals surface area (Å²) in [6.07, 6.45) is 5.99. The van der Waals surface area contributed by atoms with Crippen LogP contribution >= 0.6 is 0 Å². The average molecular weight is 375 g/mol. The summed E-state index contributed by atoms with van der Waals surface area (Å²) in [4.78, 5) is 11.8. The van der Waals surface area contributed by atoms with E-state index in [2.05, 4.69) is 63.7 Å². The van der Waals surface area contributed by atoms with Crippen molar-refractivity contribution in [2.75, 3.05) is 0 Å². The topological polar surface area (TPSA) is 26.3 Å². The lowest BCUT2D eigenvalue weighted by atomic mass is 9.62. The van der Waals surface area contributed by atoms with Gasteiger partial charge in [-0.1, -0.05) is 46.3 Å². The summed E-state index contributed by atoms with van der Waals surface area (Å²) < 4.78 is 5.86. The predicted octanol–water partition coefficient (Wildman–Crippen LogP) is 5.83. The summed E-state index contributed by atoms with van der Waals surface area (Å²) >= 11 is 0. The van der Waals surface area contributed by atoms with Crippen molar-refractivity contribution in [1.29, 1.82) is 0 Å². The van der Waals surface area contributed by atoms with Crippen molar-refractivity contribution in [3.63, 3.8) is 0 Å². The number of hydrogen-bond donors (Lipinski definition) is 0. The quantitative estimate of drug-likeness (QED) is 0.268. The third-order valence-corrected chi connectivity index (χ3v) is 6.22. The number of carbonyl (C=O) groups is 1. The van der Waals surface area contributed by atoms with Gasteiger partial charge in [-0.2, -0.15) is 0 Å². The van der Waals surface area contributed by atoms with E-state index in [4.69, 9.17) is 4.74 Å². The Labute approximate surface area is 162 Å². The van der Waals surface area contributed by atoms with Crippen LogP contribution in [0.4, 0.5) is 0 Å². The molecule has 2 nitrogen and oxygen atoms in total. The number of unbranched alkanes of at least 4 members (excludes halogenated alkanes) is 1. The largest absolute Gasteiger partial charge is 0.446 e. The summed E-state index contributed by atoms with van der Waals surface area (Å²) in [6, 6.07) is 0. The molecule has 1 aliphatic rings. The van der Waals surface area contributed by atoms with Crippen LogP contribution in [0, 0.1) is 40.6 Å². The molecule has 0 bridgehead atoms. The van der Waals surface area contributed by atoms with Crippen LogP contribution in [0.15, 0.2) is 0 Å². The van der Waals surface area contributed by atoms with E-state index >= 15 is 0 Å². The summed E-state index contributed by atoms with van der Waals surface area (Å²) in [6.45, 7) is 17.1. The maximum atomic E-state index is 11.8. The minimum atomic E-state index is -1.30. The van der Waals surface area contributed by atoms with Crippen LogP contribution in [0.1, 0.15) is 73.1 Å². The van der Waals surface area contributed by atoms with Crippen LogP contribution in [0.5, 0.6) is 0 Å². The molecule has 3 heteroatoms. The van der Waals surface area contributed by atoms with E-state index in [0.717, 1.165) is 38.5 Å². The highest BCUT2D eigenvalue weighted by Gasteiger charge is 2.47. The van der Waals surface area contributed by atoms with E-state index < -0.39 is 13.7 Å². The Morgan fingerprint density at radius 1 is 1.27 bits per heavy atom. The van der Waals surface area contributed by atoms with Gasteiger partial charge in [-0.15, -0.1) is 17.4 Å². The van der Waals surface area contributed by atoms with Crippen LogP contribution < -0.4 is 0 Å². The van der Waals surface area contributed by atoms with E-state index in [1.165, 1.54) is 6.92 Å². The molecule has 0 amide bonds. The number of rotatable bonds is 4. The molecular weight excluding hydrogens is 336 g/mol. The zero-order valence-electron chi connectivity index (χ0n) is 18.2. The van der Waals surface area contributed by atoms with E-state index in [1.807, 2.05) is 6.92 Å². The summed E-state index contributed by atoms with van der Waals surface area (Å²) in [5.41, 5.74) is 3.12. The van der Waals surface area contributed by atoms with Gasteiger partial charge in [0.15, 0.2) is 5.60 Å². The first kappa shape index (κ1) is 22.8. The SMILES string of the molecule is CC#C[C@]1(OC(C)=O)CC[C@H](C(C)(C)C)C[C@@H]1CCCC#C[Si](C)(C)C. The second kappa shape index (κ2) is 9.14. The molecule has 26 heavy (non-hydrogen) atoms. The lowest BCUT2D eigenvalue weighted by Crippen LogP contribution is -2.47. The van der Waals surface area contributed by atoms with Crippen LogP contribution in [0.2, 0.25) is 19.6 Å². The fourth-order valence-electron chi connectivity index (χ4n) is 3.94. The molecule has 146 valence electrons. The molecule has 0 saturated heterocycles. The number of carbonyl (C=O) groups excluding carboxylic acids is 1. The lowest BCUT2D eigenvalue weighted by Gasteiger charge is -2.46. The molecule has 0 aliphatic heterocycles. The fourth-order valence-corrected chi connectivity index (χ4v) is 4.59. The first-order valence-corrected chi connectivity index (χ1v) is 13.5. The molecule has 0 aromatic carbocycles. The normalized spacial score (nSPS) is 26.2. The van der Waals surface area contributed by atoms with Gasteiger partial charge in [0.05, 0.1) is 0 Å². The highest BCUT2D eigenvalue weighted by Crippen LogP contribution is 2.47. The Bertz CT molecular complexity index is 601. The highest BCUT2D eigenvalue weighted by molar-refractivity contribution is 6.83. The van der Waals surface area contributed by atoms with Gasteiger partial charge in [0.1, 0.15) is 8.07 Å². The van der Waals surface area contributed by atoms with E-state index in [-0.39, 0.29) is 11.4 Å². The van der Waals surface area contributed by atoms with Gasteiger partial charge >= 0.3 is 5.97 Å². The predicted molar refractivity (Wildman–Crippen MR) is 113 cm³/mol. The molecule has 1 fully saturated rings. The summed E-state index contributed by atoms with van der Waals surface area (Å²) in [5.74, 6) is 10.4. The third-order valence-electron chi connectivity index (χ3n) is 5.30. The molecule has 0 heterocycles. The number of esters is 1. The van der Waals surface area contributed by atoms with Crippen molar-refractivity contribution in [3.05, 3.63) is 0 Å². The van der Waals surface area contributed by atoms with Crippen molar-refractivity contribution in [2.24, 2.45) is 17.3 Å². The van der Waals surface area contributed by atoms with Gasteiger partial charge in [0.25, 0.3) is 0 Å². The van der Waals surface area contributed by atoms with Gasteiger partial charge in [0, 0.05) is 19.3 Å². The van der Waals surface area contributed by atoms with Crippen LogP contribution in [0.3, 0.4) is 0 Å². The molecule has 0 aromatic rings. The van der Waals surface area contributed by atoms with Crippen molar-refractivity contribution in [2.45, 2.75) is 98.4 Å². The Kier molecular flexibility index (Phi) is 8.03. The van der Waals surface area contributed by atoms with E-state index in [1.54, 1.807) is 0 Å². The fraction of sp³-hybridized carbons (Fsp3) is 0.783. The van der Waals surface area contributed by atoms with Crippen LogP contribution in [-0.2, 0) is 9.53 Å². The van der Waals surface area contributed by atoms with Crippen molar-refractivity contribution >= 4 is 14.0 Å².